The number of carbonyl (C=O) groups is 1. The van der Waals surface area contributed by atoms with E-state index in [1.165, 1.54) is 45.3 Å². The van der Waals surface area contributed by atoms with Gasteiger partial charge in [0.15, 0.2) is 0 Å². The third kappa shape index (κ3) is 2.64. The van der Waals surface area contributed by atoms with E-state index in [4.69, 9.17) is 4.74 Å². The maximum atomic E-state index is 11.0. The van der Waals surface area contributed by atoms with Crippen LogP contribution in [0.3, 0.4) is 0 Å². The van der Waals surface area contributed by atoms with Crippen molar-refractivity contribution in [1.82, 2.24) is 0 Å². The van der Waals surface area contributed by atoms with E-state index in [9.17, 15) is 4.79 Å². The van der Waals surface area contributed by atoms with Crippen molar-refractivity contribution < 1.29 is 14.3 Å². The minimum Gasteiger partial charge on any atom is -0.466 e. The SMILES string of the molecule is COC(=O)/C=C/C1CCC2(CCCCC2)O1. The van der Waals surface area contributed by atoms with E-state index in [2.05, 4.69) is 4.74 Å². The largest absolute Gasteiger partial charge is 0.466 e. The van der Waals surface area contributed by atoms with Crippen LogP contribution in [0.15, 0.2) is 12.2 Å². The van der Waals surface area contributed by atoms with Crippen LogP contribution in [0.25, 0.3) is 0 Å². The Labute approximate surface area is 96.8 Å². The maximum absolute atomic E-state index is 11.0. The molecule has 1 aliphatic heterocycles. The standard InChI is InChI=1S/C13H20O3/c1-15-12(14)6-5-11-7-10-13(16-11)8-3-2-4-9-13/h5-6,11H,2-4,7-10H2,1H3/b6-5+. The smallest absolute Gasteiger partial charge is 0.330 e. The fraction of sp³-hybridized carbons (Fsp3) is 0.769. The summed E-state index contributed by atoms with van der Waals surface area (Å²) in [6.07, 6.45) is 11.9. The zero-order chi connectivity index (χ0) is 11.4. The van der Waals surface area contributed by atoms with Gasteiger partial charge in [0.25, 0.3) is 0 Å². The van der Waals surface area contributed by atoms with Gasteiger partial charge in [-0.1, -0.05) is 19.3 Å². The summed E-state index contributed by atoms with van der Waals surface area (Å²) in [5, 5.41) is 0. The second kappa shape index (κ2) is 5.00. The first-order chi connectivity index (χ1) is 7.74. The fourth-order valence-corrected chi connectivity index (χ4v) is 2.80. The summed E-state index contributed by atoms with van der Waals surface area (Å²) in [5.74, 6) is -0.298. The normalized spacial score (nSPS) is 28.7. The van der Waals surface area contributed by atoms with Crippen LogP contribution in [0, 0.1) is 0 Å². The van der Waals surface area contributed by atoms with Crippen LogP contribution in [0.1, 0.15) is 44.9 Å². The topological polar surface area (TPSA) is 35.5 Å². The Morgan fingerprint density at radius 1 is 1.31 bits per heavy atom. The molecule has 1 aliphatic carbocycles. The summed E-state index contributed by atoms with van der Waals surface area (Å²) in [4.78, 5) is 11.0. The average Bonchev–Trinajstić information content (AvgIpc) is 2.70. The first-order valence-corrected chi connectivity index (χ1v) is 6.18. The molecule has 0 bridgehead atoms. The van der Waals surface area contributed by atoms with Crippen molar-refractivity contribution in [2.45, 2.75) is 56.7 Å². The molecule has 1 unspecified atom stereocenters. The second-order valence-corrected chi connectivity index (χ2v) is 4.82. The molecule has 0 aromatic carbocycles. The molecule has 2 fully saturated rings. The molecule has 1 spiro atoms. The average molecular weight is 224 g/mol. The highest BCUT2D eigenvalue weighted by atomic mass is 16.5. The molecule has 0 aromatic rings. The van der Waals surface area contributed by atoms with E-state index in [0.717, 1.165) is 12.8 Å². The van der Waals surface area contributed by atoms with Crippen LogP contribution in [0.5, 0.6) is 0 Å². The second-order valence-electron chi connectivity index (χ2n) is 4.82. The molecule has 16 heavy (non-hydrogen) atoms. The lowest BCUT2D eigenvalue weighted by atomic mass is 9.83. The molecule has 90 valence electrons. The van der Waals surface area contributed by atoms with Crippen LogP contribution in [0.2, 0.25) is 0 Å². The van der Waals surface area contributed by atoms with Crippen molar-refractivity contribution >= 4 is 5.97 Å². The van der Waals surface area contributed by atoms with E-state index < -0.39 is 0 Å². The van der Waals surface area contributed by atoms with Gasteiger partial charge in [0.2, 0.25) is 0 Å². The lowest BCUT2D eigenvalue weighted by Crippen LogP contribution is -2.31. The molecule has 0 N–H and O–H groups in total. The number of rotatable bonds is 2. The molecule has 2 rings (SSSR count). The summed E-state index contributed by atoms with van der Waals surface area (Å²) in [7, 11) is 1.39. The van der Waals surface area contributed by atoms with Gasteiger partial charge in [0.05, 0.1) is 18.8 Å². The molecule has 1 saturated carbocycles. The molecule has 1 saturated heterocycles. The van der Waals surface area contributed by atoms with Gasteiger partial charge in [-0.05, 0) is 31.8 Å². The Balaban J connectivity index is 1.87. The third-order valence-corrected chi connectivity index (χ3v) is 3.70. The highest BCUT2D eigenvalue weighted by molar-refractivity contribution is 5.81. The lowest BCUT2D eigenvalue weighted by molar-refractivity contribution is -0.135. The molecular formula is C13H20O3. The highest BCUT2D eigenvalue weighted by Gasteiger charge is 2.39. The monoisotopic (exact) mass is 224 g/mol. The number of hydrogen-bond donors (Lipinski definition) is 0. The van der Waals surface area contributed by atoms with E-state index in [-0.39, 0.29) is 17.7 Å². The Morgan fingerprint density at radius 2 is 2.06 bits per heavy atom. The highest BCUT2D eigenvalue weighted by Crippen LogP contribution is 2.42. The fourth-order valence-electron chi connectivity index (χ4n) is 2.80. The van der Waals surface area contributed by atoms with Gasteiger partial charge in [0, 0.05) is 6.08 Å². The van der Waals surface area contributed by atoms with Crippen molar-refractivity contribution in [3.63, 3.8) is 0 Å². The van der Waals surface area contributed by atoms with Crippen LogP contribution in [-0.4, -0.2) is 24.8 Å². The number of esters is 1. The van der Waals surface area contributed by atoms with Gasteiger partial charge < -0.3 is 9.47 Å². The summed E-state index contributed by atoms with van der Waals surface area (Å²) >= 11 is 0. The molecule has 1 heterocycles. The van der Waals surface area contributed by atoms with Gasteiger partial charge in [-0.2, -0.15) is 0 Å². The van der Waals surface area contributed by atoms with Crippen LogP contribution < -0.4 is 0 Å². The van der Waals surface area contributed by atoms with E-state index >= 15 is 0 Å². The summed E-state index contributed by atoms with van der Waals surface area (Å²) < 4.78 is 10.7. The Bertz CT molecular complexity index is 277. The van der Waals surface area contributed by atoms with Crippen LogP contribution >= 0.6 is 0 Å². The summed E-state index contributed by atoms with van der Waals surface area (Å²) in [6, 6.07) is 0. The maximum Gasteiger partial charge on any atom is 0.330 e. The minimum absolute atomic E-state index is 0.109. The van der Waals surface area contributed by atoms with Gasteiger partial charge in [-0.3, -0.25) is 0 Å². The number of methoxy groups -OCH3 is 1. The van der Waals surface area contributed by atoms with Gasteiger partial charge >= 0.3 is 5.97 Å². The Hall–Kier alpha value is -0.830. The zero-order valence-corrected chi connectivity index (χ0v) is 9.91. The zero-order valence-electron chi connectivity index (χ0n) is 9.91. The summed E-state index contributed by atoms with van der Waals surface area (Å²) in [5.41, 5.74) is 0.128. The van der Waals surface area contributed by atoms with E-state index in [0.29, 0.717) is 0 Å². The third-order valence-electron chi connectivity index (χ3n) is 3.70. The minimum atomic E-state index is -0.298. The quantitative estimate of drug-likeness (QED) is 0.534. The predicted octanol–water partition coefficient (Wildman–Crippen LogP) is 2.60. The molecular weight excluding hydrogens is 204 g/mol. The molecule has 3 nitrogen and oxygen atoms in total. The Morgan fingerprint density at radius 3 is 2.75 bits per heavy atom. The molecule has 1 atom stereocenters. The Kier molecular flexibility index (Phi) is 3.64. The van der Waals surface area contributed by atoms with Crippen molar-refractivity contribution in [3.05, 3.63) is 12.2 Å². The first kappa shape index (κ1) is 11.6. The molecule has 3 heteroatoms. The lowest BCUT2D eigenvalue weighted by Gasteiger charge is -2.33. The summed E-state index contributed by atoms with van der Waals surface area (Å²) in [6.45, 7) is 0. The van der Waals surface area contributed by atoms with Crippen LogP contribution in [0.4, 0.5) is 0 Å². The number of ether oxygens (including phenoxy) is 2. The molecule has 0 amide bonds. The molecule has 2 aliphatic rings. The predicted molar refractivity (Wildman–Crippen MR) is 61.1 cm³/mol. The van der Waals surface area contributed by atoms with Gasteiger partial charge in [-0.25, -0.2) is 4.79 Å². The van der Waals surface area contributed by atoms with Crippen molar-refractivity contribution in [2.24, 2.45) is 0 Å². The van der Waals surface area contributed by atoms with E-state index in [1.807, 2.05) is 6.08 Å². The number of carbonyl (C=O) groups excluding carboxylic acids is 1. The van der Waals surface area contributed by atoms with E-state index in [1.54, 1.807) is 0 Å². The number of hydrogen-bond acceptors (Lipinski definition) is 3. The van der Waals surface area contributed by atoms with Gasteiger partial charge in [0.1, 0.15) is 0 Å². The van der Waals surface area contributed by atoms with Gasteiger partial charge in [-0.15, -0.1) is 0 Å². The molecule has 0 radical (unpaired) electrons. The van der Waals surface area contributed by atoms with Crippen molar-refractivity contribution in [3.8, 4) is 0 Å². The molecule has 0 aromatic heterocycles. The van der Waals surface area contributed by atoms with Crippen LogP contribution in [-0.2, 0) is 14.3 Å². The van der Waals surface area contributed by atoms with Crippen molar-refractivity contribution in [2.75, 3.05) is 7.11 Å². The van der Waals surface area contributed by atoms with Crippen molar-refractivity contribution in [1.29, 1.82) is 0 Å². The first-order valence-electron chi connectivity index (χ1n) is 6.18.